The zero-order valence-electron chi connectivity index (χ0n) is 8.52. The molecule has 16 heavy (non-hydrogen) atoms. The van der Waals surface area contributed by atoms with Crippen molar-refractivity contribution in [3.8, 4) is 6.07 Å². The van der Waals surface area contributed by atoms with E-state index in [9.17, 15) is 0 Å². The largest absolute Gasteiger partial charge is 0.192 e. The molecule has 0 fully saturated rings. The van der Waals surface area contributed by atoms with Crippen molar-refractivity contribution in [2.75, 3.05) is 0 Å². The first-order chi connectivity index (χ1) is 7.81. The second kappa shape index (κ2) is 4.96. The minimum atomic E-state index is 0.0852. The number of rotatable bonds is 2. The van der Waals surface area contributed by atoms with Crippen molar-refractivity contribution in [1.82, 2.24) is 0 Å². The third-order valence-electron chi connectivity index (χ3n) is 2.32. The number of benzene rings is 2. The highest BCUT2D eigenvalue weighted by Gasteiger charge is 2.10. The van der Waals surface area contributed by atoms with E-state index in [4.69, 9.17) is 5.26 Å². The van der Waals surface area contributed by atoms with Gasteiger partial charge in [0.05, 0.1) is 16.5 Å². The summed E-state index contributed by atoms with van der Waals surface area (Å²) >= 11 is 3.62. The van der Waals surface area contributed by atoms with Gasteiger partial charge in [-0.15, -0.1) is 0 Å². The Morgan fingerprint density at radius 1 is 1.19 bits per heavy atom. The average Bonchev–Trinajstić information content (AvgIpc) is 2.39. The molecule has 1 radical (unpaired) electrons. The minimum Gasteiger partial charge on any atom is -0.192 e. The molecule has 2 aromatic carbocycles. The summed E-state index contributed by atoms with van der Waals surface area (Å²) < 4.78 is 0. The van der Waals surface area contributed by atoms with Gasteiger partial charge in [-0.1, -0.05) is 52.3 Å². The van der Waals surface area contributed by atoms with Gasteiger partial charge in [0.2, 0.25) is 0 Å². The van der Waals surface area contributed by atoms with Gasteiger partial charge in [-0.05, 0) is 29.3 Å². The van der Waals surface area contributed by atoms with Crippen LogP contribution in [0.25, 0.3) is 0 Å². The number of nitriles is 1. The Bertz CT molecular complexity index is 514. The highest BCUT2D eigenvalue weighted by molar-refractivity contribution is 9.09. The van der Waals surface area contributed by atoms with Gasteiger partial charge >= 0.3 is 0 Å². The van der Waals surface area contributed by atoms with E-state index in [-0.39, 0.29) is 4.83 Å². The van der Waals surface area contributed by atoms with Crippen LogP contribution in [0.4, 0.5) is 0 Å². The Hall–Kier alpha value is -1.59. The molecule has 1 atom stereocenters. The first kappa shape index (κ1) is 10.9. The van der Waals surface area contributed by atoms with Crippen molar-refractivity contribution in [1.29, 1.82) is 5.26 Å². The predicted octanol–water partition coefficient (Wildman–Crippen LogP) is 3.84. The number of nitrogens with zero attached hydrogens (tertiary/aromatic N) is 1. The van der Waals surface area contributed by atoms with Gasteiger partial charge in [-0.25, -0.2) is 0 Å². The van der Waals surface area contributed by atoms with Crippen molar-refractivity contribution in [3.05, 3.63) is 71.3 Å². The summed E-state index contributed by atoms with van der Waals surface area (Å²) in [4.78, 5) is 0.0852. The van der Waals surface area contributed by atoms with E-state index in [0.717, 1.165) is 11.1 Å². The molecule has 1 unspecified atom stereocenters. The lowest BCUT2D eigenvalue weighted by Gasteiger charge is -2.10. The monoisotopic (exact) mass is 270 g/mol. The van der Waals surface area contributed by atoms with Crippen molar-refractivity contribution < 1.29 is 0 Å². The van der Waals surface area contributed by atoms with Crippen molar-refractivity contribution in [2.45, 2.75) is 4.83 Å². The normalized spacial score (nSPS) is 11.8. The Morgan fingerprint density at radius 2 is 1.94 bits per heavy atom. The summed E-state index contributed by atoms with van der Waals surface area (Å²) in [5, 5.41) is 8.84. The van der Waals surface area contributed by atoms with Crippen LogP contribution in [0.1, 0.15) is 21.5 Å². The molecule has 0 aliphatic rings. The number of alkyl halides is 1. The van der Waals surface area contributed by atoms with E-state index >= 15 is 0 Å². The molecule has 0 aliphatic heterocycles. The van der Waals surface area contributed by atoms with E-state index < -0.39 is 0 Å². The number of hydrogen-bond donors (Lipinski definition) is 0. The molecule has 1 nitrogen and oxygen atoms in total. The molecule has 0 bridgehead atoms. The van der Waals surface area contributed by atoms with Gasteiger partial charge in [0, 0.05) is 0 Å². The van der Waals surface area contributed by atoms with E-state index in [1.807, 2.05) is 36.4 Å². The van der Waals surface area contributed by atoms with Crippen LogP contribution in [-0.2, 0) is 0 Å². The fourth-order valence-corrected chi connectivity index (χ4v) is 2.07. The fraction of sp³-hybridized carbons (Fsp3) is 0.0714. The Labute approximate surface area is 103 Å². The SMILES string of the molecule is N#Cc1cc[c]c(C(Br)c2ccccc2)c1. The Balaban J connectivity index is 2.35. The van der Waals surface area contributed by atoms with Gasteiger partial charge in [0.25, 0.3) is 0 Å². The maximum Gasteiger partial charge on any atom is 0.0991 e. The molecule has 0 spiro atoms. The van der Waals surface area contributed by atoms with Crippen LogP contribution in [0.2, 0.25) is 0 Å². The van der Waals surface area contributed by atoms with Crippen molar-refractivity contribution in [3.63, 3.8) is 0 Å². The third-order valence-corrected chi connectivity index (χ3v) is 3.34. The van der Waals surface area contributed by atoms with Crippen LogP contribution >= 0.6 is 15.9 Å². The fourth-order valence-electron chi connectivity index (χ4n) is 1.50. The number of hydrogen-bond acceptors (Lipinski definition) is 1. The maximum absolute atomic E-state index is 8.84. The van der Waals surface area contributed by atoms with Crippen molar-refractivity contribution in [2.24, 2.45) is 0 Å². The summed E-state index contributed by atoms with van der Waals surface area (Å²) in [6.45, 7) is 0. The molecule has 0 N–H and O–H groups in total. The molecule has 0 aliphatic carbocycles. The lowest BCUT2D eigenvalue weighted by Crippen LogP contribution is -1.93. The first-order valence-corrected chi connectivity index (χ1v) is 5.83. The van der Waals surface area contributed by atoms with E-state index in [0.29, 0.717) is 5.56 Å². The standard InChI is InChI=1S/C14H9BrN/c15-14(12-6-2-1-3-7-12)13-8-4-5-11(9-13)10-16/h1-7,9,14H. The maximum atomic E-state index is 8.84. The van der Waals surface area contributed by atoms with Crippen LogP contribution in [0, 0.1) is 17.4 Å². The van der Waals surface area contributed by atoms with Gasteiger partial charge in [-0.2, -0.15) is 5.26 Å². The quantitative estimate of drug-likeness (QED) is 0.761. The highest BCUT2D eigenvalue weighted by Crippen LogP contribution is 2.30. The van der Waals surface area contributed by atoms with Gasteiger partial charge in [-0.3, -0.25) is 0 Å². The lowest BCUT2D eigenvalue weighted by molar-refractivity contribution is 1.17. The first-order valence-electron chi connectivity index (χ1n) is 4.92. The molecule has 2 rings (SSSR count). The third kappa shape index (κ3) is 2.32. The topological polar surface area (TPSA) is 23.8 Å². The van der Waals surface area contributed by atoms with E-state index in [2.05, 4.69) is 28.1 Å². The average molecular weight is 271 g/mol. The van der Waals surface area contributed by atoms with Gasteiger partial charge in [0.1, 0.15) is 0 Å². The summed E-state index contributed by atoms with van der Waals surface area (Å²) in [5.41, 5.74) is 2.80. The Morgan fingerprint density at radius 3 is 2.62 bits per heavy atom. The molecule has 0 amide bonds. The van der Waals surface area contributed by atoms with E-state index in [1.54, 1.807) is 12.1 Å². The van der Waals surface area contributed by atoms with Crippen molar-refractivity contribution >= 4 is 15.9 Å². The second-order valence-corrected chi connectivity index (χ2v) is 4.33. The van der Waals surface area contributed by atoms with Crippen LogP contribution in [0.3, 0.4) is 0 Å². The highest BCUT2D eigenvalue weighted by atomic mass is 79.9. The van der Waals surface area contributed by atoms with Gasteiger partial charge in [0.15, 0.2) is 0 Å². The van der Waals surface area contributed by atoms with Crippen LogP contribution in [0.5, 0.6) is 0 Å². The molecule has 77 valence electrons. The summed E-state index contributed by atoms with van der Waals surface area (Å²) in [6, 6.07) is 20.7. The van der Waals surface area contributed by atoms with E-state index in [1.165, 1.54) is 0 Å². The second-order valence-electron chi connectivity index (χ2n) is 3.42. The summed E-state index contributed by atoms with van der Waals surface area (Å²) in [6.07, 6.45) is 0. The van der Waals surface area contributed by atoms with Crippen LogP contribution in [-0.4, -0.2) is 0 Å². The molecule has 0 saturated carbocycles. The van der Waals surface area contributed by atoms with Crippen LogP contribution in [0.15, 0.2) is 48.5 Å². The molecular weight excluding hydrogens is 262 g/mol. The Kier molecular flexibility index (Phi) is 3.38. The zero-order chi connectivity index (χ0) is 11.4. The van der Waals surface area contributed by atoms with Gasteiger partial charge < -0.3 is 0 Å². The molecule has 0 heterocycles. The smallest absolute Gasteiger partial charge is 0.0991 e. The van der Waals surface area contributed by atoms with Crippen LogP contribution < -0.4 is 0 Å². The summed E-state index contributed by atoms with van der Waals surface area (Å²) in [7, 11) is 0. The zero-order valence-corrected chi connectivity index (χ0v) is 10.1. The number of halogens is 1. The molecular formula is C14H9BrN. The molecule has 2 heteroatoms. The summed E-state index contributed by atoms with van der Waals surface area (Å²) in [5.74, 6) is 0. The predicted molar refractivity (Wildman–Crippen MR) is 67.2 cm³/mol. The minimum absolute atomic E-state index is 0.0852. The molecule has 0 saturated heterocycles. The molecule has 2 aromatic rings. The lowest BCUT2D eigenvalue weighted by atomic mass is 10.0. The molecule has 0 aromatic heterocycles.